The summed E-state index contributed by atoms with van der Waals surface area (Å²) in [5.74, 6) is 0.0723. The number of carbonyl (C=O) groups excluding carboxylic acids is 2. The fourth-order valence-corrected chi connectivity index (χ4v) is 3.60. The number of benzene rings is 1. The molecule has 1 saturated heterocycles. The highest BCUT2D eigenvalue weighted by Gasteiger charge is 2.40. The zero-order valence-electron chi connectivity index (χ0n) is 14.8. The molecule has 0 unspecified atom stereocenters. The zero-order valence-corrected chi connectivity index (χ0v) is 15.8. The average Bonchev–Trinajstić information content (AvgIpc) is 2.85. The van der Waals surface area contributed by atoms with Crippen LogP contribution in [0.25, 0.3) is 0 Å². The third kappa shape index (κ3) is 3.72. The van der Waals surface area contributed by atoms with Gasteiger partial charge in [0.1, 0.15) is 0 Å². The smallest absolute Gasteiger partial charge is 0.227 e. The Morgan fingerprint density at radius 2 is 1.96 bits per heavy atom. The lowest BCUT2D eigenvalue weighted by Crippen LogP contribution is -2.45. The molecule has 2 rings (SSSR count). The third-order valence-corrected chi connectivity index (χ3v) is 9.59. The molecule has 1 heterocycles. The van der Waals surface area contributed by atoms with E-state index in [-0.39, 0.29) is 17.0 Å². The Bertz CT molecular complexity index is 592. The molecule has 1 aliphatic heterocycles. The zero-order chi connectivity index (χ0) is 17.3. The lowest BCUT2D eigenvalue weighted by Gasteiger charge is -2.38. The second kappa shape index (κ2) is 6.57. The van der Waals surface area contributed by atoms with E-state index in [0.29, 0.717) is 24.3 Å². The van der Waals surface area contributed by atoms with Crippen molar-refractivity contribution in [3.8, 4) is 0 Å². The molecule has 0 radical (unpaired) electrons. The van der Waals surface area contributed by atoms with Crippen molar-refractivity contribution in [3.05, 3.63) is 29.8 Å². The van der Waals surface area contributed by atoms with Crippen molar-refractivity contribution < 1.29 is 14.0 Å². The number of anilines is 1. The van der Waals surface area contributed by atoms with Crippen molar-refractivity contribution in [2.45, 2.75) is 57.8 Å². The molecule has 23 heavy (non-hydrogen) atoms. The number of carbonyl (C=O) groups is 2. The molecule has 1 atom stereocenters. The highest BCUT2D eigenvalue weighted by Crippen LogP contribution is 2.37. The molecular weight excluding hydrogens is 306 g/mol. The maximum atomic E-state index is 12.3. The van der Waals surface area contributed by atoms with Gasteiger partial charge in [-0.3, -0.25) is 9.59 Å². The highest BCUT2D eigenvalue weighted by atomic mass is 28.4. The fourth-order valence-electron chi connectivity index (χ4n) is 2.56. The Morgan fingerprint density at radius 3 is 2.57 bits per heavy atom. The minimum atomic E-state index is -1.85. The van der Waals surface area contributed by atoms with Crippen LogP contribution in [0.2, 0.25) is 18.1 Å². The van der Waals surface area contributed by atoms with Gasteiger partial charge in [0.15, 0.2) is 14.6 Å². The van der Waals surface area contributed by atoms with Crippen molar-refractivity contribution in [2.24, 2.45) is 0 Å². The lowest BCUT2D eigenvalue weighted by atomic mass is 10.1. The van der Waals surface area contributed by atoms with E-state index in [2.05, 4.69) is 33.9 Å². The molecule has 1 aliphatic rings. The summed E-state index contributed by atoms with van der Waals surface area (Å²) in [4.78, 5) is 25.4. The van der Waals surface area contributed by atoms with Crippen LogP contribution in [0.5, 0.6) is 0 Å². The van der Waals surface area contributed by atoms with Gasteiger partial charge in [0.2, 0.25) is 5.91 Å². The summed E-state index contributed by atoms with van der Waals surface area (Å²) in [6.07, 6.45) is 2.10. The normalized spacial score (nSPS) is 19.3. The molecule has 5 heteroatoms. The number of para-hydroxylation sites is 1. The van der Waals surface area contributed by atoms with Gasteiger partial charge in [-0.1, -0.05) is 32.9 Å². The minimum absolute atomic E-state index is 0.0118. The Hall–Kier alpha value is -1.46. The van der Waals surface area contributed by atoms with Crippen LogP contribution < -0.4 is 4.90 Å². The standard InChI is InChI=1S/C18H27NO3Si/c1-18(2,3)23(4,5)22-13-15-10-11-17(21)19(15)16-9-7-6-8-14(16)12-20/h6-9,12,15H,10-11,13H2,1-5H3/t15-/m0/s1. The quantitative estimate of drug-likeness (QED) is 0.604. The molecule has 0 spiro atoms. The maximum Gasteiger partial charge on any atom is 0.227 e. The topological polar surface area (TPSA) is 46.6 Å². The van der Waals surface area contributed by atoms with Gasteiger partial charge in [0.25, 0.3) is 0 Å². The monoisotopic (exact) mass is 333 g/mol. The Balaban J connectivity index is 2.19. The molecule has 0 N–H and O–H groups in total. The van der Waals surface area contributed by atoms with Crippen LogP contribution in [0.3, 0.4) is 0 Å². The van der Waals surface area contributed by atoms with Crippen LogP contribution >= 0.6 is 0 Å². The second-order valence-electron chi connectivity index (χ2n) is 7.70. The lowest BCUT2D eigenvalue weighted by molar-refractivity contribution is -0.117. The van der Waals surface area contributed by atoms with Gasteiger partial charge in [-0.05, 0) is 36.7 Å². The van der Waals surface area contributed by atoms with Crippen LogP contribution in [0, 0.1) is 0 Å². The van der Waals surface area contributed by atoms with Gasteiger partial charge >= 0.3 is 0 Å². The average molecular weight is 334 g/mol. The Labute approximate surface area is 140 Å². The van der Waals surface area contributed by atoms with Gasteiger partial charge in [-0.15, -0.1) is 0 Å². The number of hydrogen-bond donors (Lipinski definition) is 0. The Kier molecular flexibility index (Phi) is 5.11. The molecule has 126 valence electrons. The van der Waals surface area contributed by atoms with Crippen molar-refractivity contribution in [2.75, 3.05) is 11.5 Å². The minimum Gasteiger partial charge on any atom is -0.415 e. The first-order chi connectivity index (χ1) is 10.7. The van der Waals surface area contributed by atoms with Crippen LogP contribution in [0.15, 0.2) is 24.3 Å². The van der Waals surface area contributed by atoms with E-state index in [1.807, 2.05) is 18.2 Å². The van der Waals surface area contributed by atoms with Gasteiger partial charge in [0, 0.05) is 12.0 Å². The predicted octanol–water partition coefficient (Wildman–Crippen LogP) is 4.02. The van der Waals surface area contributed by atoms with Crippen LogP contribution in [0.1, 0.15) is 44.0 Å². The van der Waals surface area contributed by atoms with E-state index < -0.39 is 8.32 Å². The van der Waals surface area contributed by atoms with Gasteiger partial charge < -0.3 is 9.33 Å². The van der Waals surface area contributed by atoms with Gasteiger partial charge in [0.05, 0.1) is 18.3 Å². The molecule has 0 aromatic heterocycles. The number of aldehydes is 1. The summed E-state index contributed by atoms with van der Waals surface area (Å²) in [7, 11) is -1.85. The van der Waals surface area contributed by atoms with E-state index in [4.69, 9.17) is 4.43 Å². The summed E-state index contributed by atoms with van der Waals surface area (Å²) in [5, 5.41) is 0.140. The molecular formula is C18H27NO3Si. The number of rotatable bonds is 5. The summed E-state index contributed by atoms with van der Waals surface area (Å²) in [6.45, 7) is 11.6. The third-order valence-electron chi connectivity index (χ3n) is 5.09. The SMILES string of the molecule is CC(C)(C)[Si](C)(C)OC[C@@H]1CCC(=O)N1c1ccccc1C=O. The van der Waals surface area contributed by atoms with Crippen molar-refractivity contribution in [1.82, 2.24) is 0 Å². The van der Waals surface area contributed by atoms with Crippen LogP contribution in [-0.4, -0.2) is 33.2 Å². The van der Waals surface area contributed by atoms with Gasteiger partial charge in [-0.2, -0.15) is 0 Å². The molecule has 0 aliphatic carbocycles. The first kappa shape index (κ1) is 17.9. The molecule has 4 nitrogen and oxygen atoms in total. The Morgan fingerprint density at radius 1 is 1.30 bits per heavy atom. The fraction of sp³-hybridized carbons (Fsp3) is 0.556. The second-order valence-corrected chi connectivity index (χ2v) is 12.5. The van der Waals surface area contributed by atoms with Gasteiger partial charge in [-0.25, -0.2) is 0 Å². The summed E-state index contributed by atoms with van der Waals surface area (Å²) >= 11 is 0. The first-order valence-corrected chi connectivity index (χ1v) is 11.1. The number of nitrogens with zero attached hydrogens (tertiary/aromatic N) is 1. The molecule has 1 fully saturated rings. The molecule has 0 bridgehead atoms. The summed E-state index contributed by atoms with van der Waals surface area (Å²) < 4.78 is 6.31. The van der Waals surface area contributed by atoms with E-state index in [9.17, 15) is 9.59 Å². The van der Waals surface area contributed by atoms with Crippen LogP contribution in [0.4, 0.5) is 5.69 Å². The van der Waals surface area contributed by atoms with Crippen molar-refractivity contribution in [3.63, 3.8) is 0 Å². The molecule has 1 aromatic carbocycles. The van der Waals surface area contributed by atoms with E-state index in [1.165, 1.54) is 0 Å². The number of amides is 1. The highest BCUT2D eigenvalue weighted by molar-refractivity contribution is 6.74. The predicted molar refractivity (Wildman–Crippen MR) is 95.5 cm³/mol. The summed E-state index contributed by atoms with van der Waals surface area (Å²) in [5.41, 5.74) is 1.26. The number of hydrogen-bond acceptors (Lipinski definition) is 3. The molecule has 0 saturated carbocycles. The van der Waals surface area contributed by atoms with E-state index in [0.717, 1.165) is 12.7 Å². The summed E-state index contributed by atoms with van der Waals surface area (Å²) in [6, 6.07) is 7.28. The molecule has 1 aromatic rings. The van der Waals surface area contributed by atoms with E-state index in [1.54, 1.807) is 11.0 Å². The van der Waals surface area contributed by atoms with Crippen LogP contribution in [-0.2, 0) is 9.22 Å². The van der Waals surface area contributed by atoms with Crippen molar-refractivity contribution >= 4 is 26.2 Å². The van der Waals surface area contributed by atoms with E-state index >= 15 is 0 Å². The largest absolute Gasteiger partial charge is 0.415 e. The first-order valence-electron chi connectivity index (χ1n) is 8.17. The maximum absolute atomic E-state index is 12.3. The van der Waals surface area contributed by atoms with Crippen molar-refractivity contribution in [1.29, 1.82) is 0 Å². The molecule has 1 amide bonds.